The third-order valence-electron chi connectivity index (χ3n) is 4.79. The number of benzene rings is 1. The molecule has 0 aliphatic heterocycles. The van der Waals surface area contributed by atoms with Crippen LogP contribution in [0.3, 0.4) is 0 Å². The molecule has 0 amide bonds. The highest BCUT2D eigenvalue weighted by Crippen LogP contribution is 2.33. The number of hydrogen-bond acceptors (Lipinski definition) is 3. The first kappa shape index (κ1) is 15.6. The molecule has 0 unspecified atom stereocenters. The minimum absolute atomic E-state index is 0.00849. The van der Waals surface area contributed by atoms with Crippen molar-refractivity contribution in [2.24, 2.45) is 13.0 Å². The number of nitrogens with zero attached hydrogens (tertiary/aromatic N) is 5. The molecule has 4 aromatic rings. The molecule has 1 aliphatic rings. The number of aromatic nitrogens is 5. The van der Waals surface area contributed by atoms with Gasteiger partial charge in [-0.3, -0.25) is 9.48 Å². The van der Waals surface area contributed by atoms with Crippen molar-refractivity contribution in [3.63, 3.8) is 0 Å². The van der Waals surface area contributed by atoms with Gasteiger partial charge in [0.2, 0.25) is 0 Å². The maximum absolute atomic E-state index is 14.5. The second-order valence-electron chi connectivity index (χ2n) is 6.85. The van der Waals surface area contributed by atoms with Gasteiger partial charge in [-0.05, 0) is 37.0 Å². The smallest absolute Gasteiger partial charge is 0.292 e. The zero-order valence-corrected chi connectivity index (χ0v) is 14.7. The number of halogens is 2. The molecule has 0 N–H and O–H groups in total. The lowest BCUT2D eigenvalue weighted by atomic mass is 10.2. The lowest BCUT2D eigenvalue weighted by Crippen LogP contribution is -2.22. The van der Waals surface area contributed by atoms with Crippen LogP contribution >= 0.6 is 11.6 Å². The summed E-state index contributed by atoms with van der Waals surface area (Å²) in [6, 6.07) is 5.31. The van der Waals surface area contributed by atoms with Crippen LogP contribution in [-0.4, -0.2) is 24.1 Å². The normalized spacial score (nSPS) is 14.6. The van der Waals surface area contributed by atoms with E-state index in [2.05, 4.69) is 10.2 Å². The summed E-state index contributed by atoms with van der Waals surface area (Å²) in [4.78, 5) is 12.8. The summed E-state index contributed by atoms with van der Waals surface area (Å²) in [6.45, 7) is 0.660. The minimum atomic E-state index is -0.473. The van der Waals surface area contributed by atoms with Crippen LogP contribution in [0, 0.1) is 11.7 Å². The summed E-state index contributed by atoms with van der Waals surface area (Å²) in [7, 11) is 1.82. The van der Waals surface area contributed by atoms with E-state index in [1.54, 1.807) is 27.4 Å². The van der Waals surface area contributed by atoms with Crippen LogP contribution in [0.1, 0.15) is 12.8 Å². The Bertz CT molecular complexity index is 1230. The Morgan fingerprint density at radius 3 is 2.85 bits per heavy atom. The van der Waals surface area contributed by atoms with Crippen LogP contribution in [0.2, 0.25) is 5.02 Å². The molecule has 132 valence electrons. The van der Waals surface area contributed by atoms with Crippen LogP contribution in [-0.2, 0) is 13.6 Å². The van der Waals surface area contributed by atoms with Gasteiger partial charge in [0.15, 0.2) is 5.82 Å². The van der Waals surface area contributed by atoms with E-state index in [1.165, 1.54) is 6.20 Å². The zero-order chi connectivity index (χ0) is 18.0. The fraction of sp³-hybridized carbons (Fsp3) is 0.278. The van der Waals surface area contributed by atoms with Crippen molar-refractivity contribution in [1.82, 2.24) is 24.1 Å². The van der Waals surface area contributed by atoms with Gasteiger partial charge in [-0.2, -0.15) is 14.9 Å². The van der Waals surface area contributed by atoms with Gasteiger partial charge in [-0.1, -0.05) is 11.6 Å². The summed E-state index contributed by atoms with van der Waals surface area (Å²) in [5.74, 6) is 0.0511. The molecule has 1 saturated carbocycles. The molecular formula is C18H15ClFN5O. The molecule has 1 aliphatic carbocycles. The van der Waals surface area contributed by atoms with Gasteiger partial charge >= 0.3 is 0 Å². The summed E-state index contributed by atoms with van der Waals surface area (Å²) in [5.41, 5.74) is 1.35. The molecule has 0 atom stereocenters. The fourth-order valence-electron chi connectivity index (χ4n) is 3.34. The second-order valence-corrected chi connectivity index (χ2v) is 7.22. The summed E-state index contributed by atoms with van der Waals surface area (Å²) >= 11 is 6.35. The minimum Gasteiger partial charge on any atom is -0.341 e. The molecule has 1 fully saturated rings. The SMILES string of the molecule is Cn1cc2cc(-n3nc4c(F)cn(CC5CC5)c4c(Cl)c3=O)ccc2n1. The Balaban J connectivity index is 1.73. The Labute approximate surface area is 152 Å². The van der Waals surface area contributed by atoms with Crippen molar-refractivity contribution >= 4 is 33.5 Å². The first-order valence-corrected chi connectivity index (χ1v) is 8.80. The average Bonchev–Trinajstić information content (AvgIpc) is 3.25. The van der Waals surface area contributed by atoms with Crippen LogP contribution in [0.5, 0.6) is 0 Å². The first-order valence-electron chi connectivity index (χ1n) is 8.42. The van der Waals surface area contributed by atoms with E-state index in [0.717, 1.165) is 28.4 Å². The van der Waals surface area contributed by atoms with E-state index in [1.807, 2.05) is 13.2 Å². The number of fused-ring (bicyclic) bond motifs is 2. The maximum Gasteiger partial charge on any atom is 0.292 e. The highest BCUT2D eigenvalue weighted by atomic mass is 35.5. The van der Waals surface area contributed by atoms with Crippen LogP contribution in [0.25, 0.3) is 27.6 Å². The van der Waals surface area contributed by atoms with E-state index < -0.39 is 11.4 Å². The quantitative estimate of drug-likeness (QED) is 0.555. The Morgan fingerprint density at radius 1 is 1.27 bits per heavy atom. The van der Waals surface area contributed by atoms with Crippen LogP contribution < -0.4 is 5.56 Å². The van der Waals surface area contributed by atoms with Gasteiger partial charge in [-0.25, -0.2) is 4.39 Å². The largest absolute Gasteiger partial charge is 0.341 e. The molecule has 0 bridgehead atoms. The molecule has 0 saturated heterocycles. The molecule has 0 spiro atoms. The lowest BCUT2D eigenvalue weighted by Gasteiger charge is -2.08. The maximum atomic E-state index is 14.5. The van der Waals surface area contributed by atoms with E-state index in [-0.39, 0.29) is 10.5 Å². The predicted octanol–water partition coefficient (Wildman–Crippen LogP) is 3.28. The summed E-state index contributed by atoms with van der Waals surface area (Å²) in [6.07, 6.45) is 5.47. The topological polar surface area (TPSA) is 57.6 Å². The van der Waals surface area contributed by atoms with Crippen molar-refractivity contribution in [3.8, 4) is 5.69 Å². The van der Waals surface area contributed by atoms with Gasteiger partial charge in [0.25, 0.3) is 5.56 Å². The van der Waals surface area contributed by atoms with E-state index in [0.29, 0.717) is 23.7 Å². The second kappa shape index (κ2) is 5.41. The van der Waals surface area contributed by atoms with Crippen molar-refractivity contribution in [3.05, 3.63) is 51.8 Å². The van der Waals surface area contributed by atoms with Crippen molar-refractivity contribution in [2.75, 3.05) is 0 Å². The molecule has 6 nitrogen and oxygen atoms in total. The molecule has 5 rings (SSSR count). The predicted molar refractivity (Wildman–Crippen MR) is 97.3 cm³/mol. The highest BCUT2D eigenvalue weighted by Gasteiger charge is 2.25. The molecular weight excluding hydrogens is 357 g/mol. The average molecular weight is 372 g/mol. The van der Waals surface area contributed by atoms with E-state index in [4.69, 9.17) is 11.6 Å². The molecule has 1 aromatic carbocycles. The molecule has 3 heterocycles. The van der Waals surface area contributed by atoms with Gasteiger partial charge in [0.1, 0.15) is 10.5 Å². The number of hydrogen-bond donors (Lipinski definition) is 0. The van der Waals surface area contributed by atoms with Crippen LogP contribution in [0.15, 0.2) is 35.4 Å². The van der Waals surface area contributed by atoms with Gasteiger partial charge in [0, 0.05) is 31.4 Å². The monoisotopic (exact) mass is 371 g/mol. The Hall–Kier alpha value is -2.67. The van der Waals surface area contributed by atoms with E-state index in [9.17, 15) is 9.18 Å². The fourth-order valence-corrected chi connectivity index (χ4v) is 3.62. The molecule has 8 heteroatoms. The molecule has 0 radical (unpaired) electrons. The zero-order valence-electron chi connectivity index (χ0n) is 14.0. The van der Waals surface area contributed by atoms with Crippen molar-refractivity contribution < 1.29 is 4.39 Å². The summed E-state index contributed by atoms with van der Waals surface area (Å²) in [5, 5.41) is 9.43. The van der Waals surface area contributed by atoms with Crippen molar-refractivity contribution in [1.29, 1.82) is 0 Å². The summed E-state index contributed by atoms with van der Waals surface area (Å²) < 4.78 is 19.0. The standard InChI is InChI=1S/C18H15ClFN5O/c1-23-8-11-6-12(4-5-14(11)21-23)25-18(26)15(19)17-16(22-25)13(20)9-24(17)7-10-2-3-10/h4-6,8-10H,2-3,7H2,1H3. The molecule has 3 aromatic heterocycles. The van der Waals surface area contributed by atoms with Gasteiger partial charge < -0.3 is 4.57 Å². The Kier molecular flexibility index (Phi) is 3.24. The highest BCUT2D eigenvalue weighted by molar-refractivity contribution is 6.34. The van der Waals surface area contributed by atoms with Crippen molar-refractivity contribution in [2.45, 2.75) is 19.4 Å². The number of aryl methyl sites for hydroxylation is 1. The van der Waals surface area contributed by atoms with Gasteiger partial charge in [0.05, 0.1) is 16.7 Å². The lowest BCUT2D eigenvalue weighted by molar-refractivity contribution is 0.602. The third-order valence-corrected chi connectivity index (χ3v) is 5.13. The number of rotatable bonds is 3. The Morgan fingerprint density at radius 2 is 2.08 bits per heavy atom. The van der Waals surface area contributed by atoms with E-state index >= 15 is 0 Å². The first-order chi connectivity index (χ1) is 12.5. The molecule has 26 heavy (non-hydrogen) atoms. The van der Waals surface area contributed by atoms with Gasteiger partial charge in [-0.15, -0.1) is 0 Å². The third kappa shape index (κ3) is 2.34. The van der Waals surface area contributed by atoms with Crippen LogP contribution in [0.4, 0.5) is 4.39 Å².